The predicted octanol–water partition coefficient (Wildman–Crippen LogP) is 4.84. The number of carbonyl (C=O) groups excluding carboxylic acids is 1. The summed E-state index contributed by atoms with van der Waals surface area (Å²) in [6, 6.07) is 23.7. The van der Waals surface area contributed by atoms with Gasteiger partial charge in [-0.1, -0.05) is 61.5 Å². The van der Waals surface area contributed by atoms with Gasteiger partial charge in [-0.3, -0.25) is 4.79 Å². The third-order valence-corrected chi connectivity index (χ3v) is 5.10. The van der Waals surface area contributed by atoms with Crippen molar-refractivity contribution in [3.8, 4) is 5.75 Å². The molecule has 2 N–H and O–H groups in total. The van der Waals surface area contributed by atoms with Crippen LogP contribution >= 0.6 is 0 Å². The zero-order valence-electron chi connectivity index (χ0n) is 16.5. The molecule has 0 aromatic heterocycles. The average Bonchev–Trinajstić information content (AvgIpc) is 2.75. The Bertz CT molecular complexity index is 1040. The van der Waals surface area contributed by atoms with Crippen LogP contribution in [0.2, 0.25) is 0 Å². The molecule has 146 valence electrons. The van der Waals surface area contributed by atoms with E-state index in [0.717, 1.165) is 24.1 Å². The van der Waals surface area contributed by atoms with E-state index in [9.17, 15) is 4.79 Å². The maximum Gasteiger partial charge on any atom is 0.294 e. The molecule has 0 spiro atoms. The Hall–Kier alpha value is -3.53. The van der Waals surface area contributed by atoms with E-state index in [4.69, 9.17) is 10.5 Å². The van der Waals surface area contributed by atoms with Gasteiger partial charge >= 0.3 is 0 Å². The molecule has 1 aliphatic rings. The highest BCUT2D eigenvalue weighted by Crippen LogP contribution is 2.37. The SMILES string of the molecule is CCc1ccc(/C=C2/Oc3cc(N)ccc3N(CCc3ccccc3)C2=O)cc1. The van der Waals surface area contributed by atoms with Gasteiger partial charge in [0, 0.05) is 18.3 Å². The fourth-order valence-electron chi connectivity index (χ4n) is 3.44. The second kappa shape index (κ2) is 8.23. The number of nitrogen functional groups attached to an aromatic ring is 1. The maximum atomic E-state index is 13.2. The summed E-state index contributed by atoms with van der Waals surface area (Å²) in [7, 11) is 0. The topological polar surface area (TPSA) is 55.6 Å². The van der Waals surface area contributed by atoms with Gasteiger partial charge in [0.15, 0.2) is 11.5 Å². The first-order valence-corrected chi connectivity index (χ1v) is 9.88. The van der Waals surface area contributed by atoms with Gasteiger partial charge in [0.1, 0.15) is 0 Å². The molecule has 0 saturated heterocycles. The van der Waals surface area contributed by atoms with E-state index in [2.05, 4.69) is 31.2 Å². The van der Waals surface area contributed by atoms with Crippen molar-refractivity contribution >= 4 is 23.4 Å². The third kappa shape index (κ3) is 4.16. The lowest BCUT2D eigenvalue weighted by Crippen LogP contribution is -2.38. The Kier molecular flexibility index (Phi) is 5.34. The van der Waals surface area contributed by atoms with E-state index in [0.29, 0.717) is 23.7 Å². The molecule has 4 nitrogen and oxygen atoms in total. The van der Waals surface area contributed by atoms with E-state index >= 15 is 0 Å². The first kappa shape index (κ1) is 18.8. The number of nitrogens with two attached hydrogens (primary N) is 1. The van der Waals surface area contributed by atoms with Gasteiger partial charge in [0.2, 0.25) is 0 Å². The molecule has 1 amide bonds. The van der Waals surface area contributed by atoms with Gasteiger partial charge in [-0.05, 0) is 47.7 Å². The molecule has 1 heterocycles. The number of hydrogen-bond acceptors (Lipinski definition) is 3. The normalized spacial score (nSPS) is 14.6. The standard InChI is InChI=1S/C25H24N2O2/c1-2-18-8-10-20(11-9-18)16-24-25(28)27(15-14-19-6-4-3-5-7-19)22-13-12-21(26)17-23(22)29-24/h3-13,16-17H,2,14-15,26H2,1H3/b24-16+. The number of aryl methyl sites for hydroxylation is 1. The first-order chi connectivity index (χ1) is 14.1. The van der Waals surface area contributed by atoms with E-state index in [-0.39, 0.29) is 5.91 Å². The molecule has 1 aliphatic heterocycles. The second-order valence-corrected chi connectivity index (χ2v) is 7.13. The van der Waals surface area contributed by atoms with E-state index in [1.165, 1.54) is 11.1 Å². The molecule has 0 radical (unpaired) electrons. The Morgan fingerprint density at radius 1 is 0.966 bits per heavy atom. The van der Waals surface area contributed by atoms with Gasteiger partial charge in [-0.15, -0.1) is 0 Å². The predicted molar refractivity (Wildman–Crippen MR) is 118 cm³/mol. The number of ether oxygens (including phenoxy) is 1. The summed E-state index contributed by atoms with van der Waals surface area (Å²) in [6.45, 7) is 2.68. The number of rotatable bonds is 5. The van der Waals surface area contributed by atoms with Gasteiger partial charge in [0.05, 0.1) is 5.69 Å². The quantitative estimate of drug-likeness (QED) is 0.506. The lowest BCUT2D eigenvalue weighted by atomic mass is 10.1. The Labute approximate surface area is 171 Å². The van der Waals surface area contributed by atoms with Gasteiger partial charge in [0.25, 0.3) is 5.91 Å². The molecule has 0 unspecified atom stereocenters. The third-order valence-electron chi connectivity index (χ3n) is 5.10. The molecule has 3 aromatic carbocycles. The zero-order valence-corrected chi connectivity index (χ0v) is 16.5. The largest absolute Gasteiger partial charge is 0.449 e. The van der Waals surface area contributed by atoms with Crippen molar-refractivity contribution in [2.75, 3.05) is 17.2 Å². The number of carbonyl (C=O) groups is 1. The molecular formula is C25H24N2O2. The summed E-state index contributed by atoms with van der Waals surface area (Å²) in [5.74, 6) is 0.771. The smallest absolute Gasteiger partial charge is 0.294 e. The Morgan fingerprint density at radius 2 is 1.72 bits per heavy atom. The fraction of sp³-hybridized carbons (Fsp3) is 0.160. The minimum Gasteiger partial charge on any atom is -0.449 e. The molecule has 0 aliphatic carbocycles. The van der Waals surface area contributed by atoms with Crippen molar-refractivity contribution < 1.29 is 9.53 Å². The lowest BCUT2D eigenvalue weighted by molar-refractivity contribution is -0.117. The Morgan fingerprint density at radius 3 is 2.45 bits per heavy atom. The minimum atomic E-state index is -0.141. The zero-order chi connectivity index (χ0) is 20.2. The highest BCUT2D eigenvalue weighted by molar-refractivity contribution is 6.10. The van der Waals surface area contributed by atoms with E-state index in [1.54, 1.807) is 23.1 Å². The van der Waals surface area contributed by atoms with Gasteiger partial charge in [-0.2, -0.15) is 0 Å². The summed E-state index contributed by atoms with van der Waals surface area (Å²) in [5, 5.41) is 0. The molecular weight excluding hydrogens is 360 g/mol. The average molecular weight is 384 g/mol. The van der Waals surface area contributed by atoms with Gasteiger partial charge in [-0.25, -0.2) is 0 Å². The van der Waals surface area contributed by atoms with Crippen LogP contribution in [0.3, 0.4) is 0 Å². The highest BCUT2D eigenvalue weighted by Gasteiger charge is 2.30. The summed E-state index contributed by atoms with van der Waals surface area (Å²) < 4.78 is 5.96. The van der Waals surface area contributed by atoms with Crippen LogP contribution in [0, 0.1) is 0 Å². The minimum absolute atomic E-state index is 0.141. The molecule has 0 atom stereocenters. The highest BCUT2D eigenvalue weighted by atomic mass is 16.5. The molecule has 4 rings (SSSR count). The van der Waals surface area contributed by atoms with Crippen LogP contribution in [-0.4, -0.2) is 12.5 Å². The number of fused-ring (bicyclic) bond motifs is 1. The van der Waals surface area contributed by atoms with E-state index < -0.39 is 0 Å². The van der Waals surface area contributed by atoms with Crippen molar-refractivity contribution in [2.24, 2.45) is 0 Å². The summed E-state index contributed by atoms with van der Waals surface area (Å²) in [5.41, 5.74) is 10.7. The Balaban J connectivity index is 1.65. The van der Waals surface area contributed by atoms with Gasteiger partial charge < -0.3 is 15.4 Å². The number of nitrogens with zero attached hydrogens (tertiary/aromatic N) is 1. The van der Waals surface area contributed by atoms with Crippen LogP contribution in [0.25, 0.3) is 6.08 Å². The monoisotopic (exact) mass is 384 g/mol. The molecule has 0 saturated carbocycles. The molecule has 0 bridgehead atoms. The van der Waals surface area contributed by atoms with Crippen LogP contribution in [0.5, 0.6) is 5.75 Å². The van der Waals surface area contributed by atoms with E-state index in [1.807, 2.05) is 36.4 Å². The van der Waals surface area contributed by atoms with Crippen LogP contribution in [0.1, 0.15) is 23.6 Å². The van der Waals surface area contributed by atoms with Crippen LogP contribution < -0.4 is 15.4 Å². The van der Waals surface area contributed by atoms with Crippen molar-refractivity contribution in [1.29, 1.82) is 0 Å². The number of hydrogen-bond donors (Lipinski definition) is 1. The summed E-state index contributed by atoms with van der Waals surface area (Å²) >= 11 is 0. The number of benzene rings is 3. The van der Waals surface area contributed by atoms with Crippen LogP contribution in [0.4, 0.5) is 11.4 Å². The number of amides is 1. The lowest BCUT2D eigenvalue weighted by Gasteiger charge is -2.31. The van der Waals surface area contributed by atoms with Crippen LogP contribution in [0.15, 0.2) is 78.6 Å². The number of anilines is 2. The maximum absolute atomic E-state index is 13.2. The molecule has 4 heteroatoms. The summed E-state index contributed by atoms with van der Waals surface area (Å²) in [6.07, 6.45) is 3.53. The molecule has 29 heavy (non-hydrogen) atoms. The van der Waals surface area contributed by atoms with Crippen molar-refractivity contribution in [1.82, 2.24) is 0 Å². The van der Waals surface area contributed by atoms with Crippen molar-refractivity contribution in [3.05, 3.63) is 95.2 Å². The molecule has 3 aromatic rings. The van der Waals surface area contributed by atoms with Crippen molar-refractivity contribution in [3.63, 3.8) is 0 Å². The molecule has 0 fully saturated rings. The first-order valence-electron chi connectivity index (χ1n) is 9.88. The van der Waals surface area contributed by atoms with Crippen molar-refractivity contribution in [2.45, 2.75) is 19.8 Å². The second-order valence-electron chi connectivity index (χ2n) is 7.13. The summed E-state index contributed by atoms with van der Waals surface area (Å²) in [4.78, 5) is 15.0. The fourth-order valence-corrected chi connectivity index (χ4v) is 3.44. The van der Waals surface area contributed by atoms with Crippen LogP contribution in [-0.2, 0) is 17.6 Å².